The van der Waals surface area contributed by atoms with Crippen LogP contribution >= 0.6 is 11.8 Å². The number of rotatable bonds is 2. The smallest absolute Gasteiger partial charge is 0.238 e. The van der Waals surface area contributed by atoms with E-state index < -0.39 is 0 Å². The normalized spacial score (nSPS) is 26.6. The molecule has 134 valence electrons. The summed E-state index contributed by atoms with van der Waals surface area (Å²) < 4.78 is 0. The van der Waals surface area contributed by atoms with E-state index in [0.29, 0.717) is 5.25 Å². The van der Waals surface area contributed by atoms with Crippen molar-refractivity contribution in [2.24, 2.45) is 0 Å². The molecule has 1 saturated heterocycles. The number of fused-ring (bicyclic) bond motifs is 3. The molecule has 0 saturated carbocycles. The van der Waals surface area contributed by atoms with Crippen LogP contribution in [0.2, 0.25) is 0 Å². The number of nitrogens with zero attached hydrogens (tertiary/aromatic N) is 1. The van der Waals surface area contributed by atoms with Gasteiger partial charge in [-0.05, 0) is 29.7 Å². The van der Waals surface area contributed by atoms with Crippen LogP contribution in [0, 0.1) is 0 Å². The number of hydrogen-bond donors (Lipinski definition) is 0. The Balaban J connectivity index is 1.77. The molecule has 2 heterocycles. The largest absolute Gasteiger partial charge is 0.299 e. The number of carbonyl (C=O) groups excluding carboxylic acids is 1. The minimum Gasteiger partial charge on any atom is -0.299 e. The molecule has 2 nitrogen and oxygen atoms in total. The number of thioether (sulfide) groups is 1. The summed E-state index contributed by atoms with van der Waals surface area (Å²) in [5, 5.41) is 0.413. The number of amides is 1. The maximum absolute atomic E-state index is 13.5. The van der Waals surface area contributed by atoms with Gasteiger partial charge in [-0.3, -0.25) is 9.69 Å². The van der Waals surface area contributed by atoms with E-state index >= 15 is 0 Å². The molecular weight excluding hydrogens is 350 g/mol. The maximum atomic E-state index is 13.5. The first-order valence-electron chi connectivity index (χ1n) is 9.42. The Hall–Kier alpha value is -2.52. The summed E-state index contributed by atoms with van der Waals surface area (Å²) in [6.07, 6.45) is 0.932. The highest BCUT2D eigenvalue weighted by atomic mass is 32.2. The van der Waals surface area contributed by atoms with Gasteiger partial charge in [0.15, 0.2) is 0 Å². The number of carbonyl (C=O) groups is 1. The van der Waals surface area contributed by atoms with Crippen molar-refractivity contribution in [3.05, 3.63) is 96.1 Å². The molecule has 3 aromatic carbocycles. The van der Waals surface area contributed by atoms with Crippen molar-refractivity contribution in [3.8, 4) is 0 Å². The number of hydrogen-bond acceptors (Lipinski definition) is 2. The van der Waals surface area contributed by atoms with Crippen LogP contribution in [0.4, 0.5) is 5.69 Å². The summed E-state index contributed by atoms with van der Waals surface area (Å²) >= 11 is 1.88. The lowest BCUT2D eigenvalue weighted by atomic mass is 9.63. The zero-order valence-corrected chi connectivity index (χ0v) is 16.0. The second-order valence-electron chi connectivity index (χ2n) is 7.41. The van der Waals surface area contributed by atoms with Crippen molar-refractivity contribution < 1.29 is 4.79 Å². The molecule has 0 spiro atoms. The van der Waals surface area contributed by atoms with Crippen LogP contribution in [0.3, 0.4) is 0 Å². The summed E-state index contributed by atoms with van der Waals surface area (Å²) in [5.41, 5.74) is 3.05. The lowest BCUT2D eigenvalue weighted by Gasteiger charge is -2.58. The van der Waals surface area contributed by atoms with Gasteiger partial charge < -0.3 is 0 Å². The van der Waals surface area contributed by atoms with Gasteiger partial charge in [0.2, 0.25) is 5.91 Å². The van der Waals surface area contributed by atoms with Gasteiger partial charge in [0.05, 0.1) is 17.1 Å². The van der Waals surface area contributed by atoms with Crippen molar-refractivity contribution in [2.75, 3.05) is 4.90 Å². The maximum Gasteiger partial charge on any atom is 0.238 e. The highest BCUT2D eigenvalue weighted by molar-refractivity contribution is 8.00. The molecule has 0 aromatic heterocycles. The van der Waals surface area contributed by atoms with Gasteiger partial charge in [0.25, 0.3) is 0 Å². The van der Waals surface area contributed by atoms with E-state index in [9.17, 15) is 4.79 Å². The quantitative estimate of drug-likeness (QED) is 0.547. The average molecular weight is 372 g/mol. The monoisotopic (exact) mass is 371 g/mol. The second-order valence-corrected chi connectivity index (χ2v) is 8.89. The predicted octanol–water partition coefficient (Wildman–Crippen LogP) is 5.60. The van der Waals surface area contributed by atoms with Crippen LogP contribution in [0.25, 0.3) is 0 Å². The third-order valence-electron chi connectivity index (χ3n) is 5.78. The van der Waals surface area contributed by atoms with Crippen molar-refractivity contribution in [2.45, 2.75) is 34.9 Å². The first-order chi connectivity index (χ1) is 13.2. The lowest BCUT2D eigenvalue weighted by Crippen LogP contribution is -2.68. The molecule has 3 atom stereocenters. The molecule has 1 fully saturated rings. The fraction of sp³-hybridized carbons (Fsp3) is 0.208. The van der Waals surface area contributed by atoms with Crippen LogP contribution < -0.4 is 4.90 Å². The molecule has 0 unspecified atom stereocenters. The van der Waals surface area contributed by atoms with Gasteiger partial charge in [-0.25, -0.2) is 0 Å². The van der Waals surface area contributed by atoms with Crippen LogP contribution in [0.15, 0.2) is 89.8 Å². The fourth-order valence-electron chi connectivity index (χ4n) is 4.78. The highest BCUT2D eigenvalue weighted by Crippen LogP contribution is 2.60. The Morgan fingerprint density at radius 1 is 0.889 bits per heavy atom. The Labute approximate surface area is 164 Å². The van der Waals surface area contributed by atoms with Gasteiger partial charge in [-0.2, -0.15) is 0 Å². The molecule has 0 aliphatic carbocycles. The molecule has 3 heteroatoms. The van der Waals surface area contributed by atoms with Crippen molar-refractivity contribution in [3.63, 3.8) is 0 Å². The number of anilines is 1. The summed E-state index contributed by atoms with van der Waals surface area (Å²) in [7, 11) is 0. The standard InChI is InChI=1S/C24H21NOS/c1-17-16-24(19-12-6-3-7-13-19)22(18-10-4-2-5-11-18)23(26)25(24)20-14-8-9-15-21(20)27-17/h2-15,17,22H,16H2,1H3/t17-,22+,24-/m0/s1. The van der Waals surface area contributed by atoms with E-state index in [0.717, 1.165) is 17.7 Å². The van der Waals surface area contributed by atoms with Crippen molar-refractivity contribution >= 4 is 23.4 Å². The molecule has 3 aromatic rings. The summed E-state index contributed by atoms with van der Waals surface area (Å²) in [6.45, 7) is 2.28. The fourth-order valence-corrected chi connectivity index (χ4v) is 5.99. The Morgan fingerprint density at radius 2 is 1.52 bits per heavy atom. The molecule has 1 amide bonds. The van der Waals surface area contributed by atoms with Crippen LogP contribution in [0.5, 0.6) is 0 Å². The average Bonchev–Trinajstić information content (AvgIpc) is 2.81. The molecular formula is C24H21NOS. The van der Waals surface area contributed by atoms with E-state index in [1.165, 1.54) is 10.5 Å². The molecule has 2 aliphatic heterocycles. The van der Waals surface area contributed by atoms with E-state index in [4.69, 9.17) is 0 Å². The number of para-hydroxylation sites is 1. The molecule has 0 N–H and O–H groups in total. The van der Waals surface area contributed by atoms with Gasteiger partial charge in [0, 0.05) is 10.1 Å². The van der Waals surface area contributed by atoms with Crippen LogP contribution in [-0.4, -0.2) is 11.2 Å². The first-order valence-corrected chi connectivity index (χ1v) is 10.3. The second kappa shape index (κ2) is 6.28. The molecule has 27 heavy (non-hydrogen) atoms. The molecule has 0 radical (unpaired) electrons. The van der Waals surface area contributed by atoms with E-state index in [1.54, 1.807) is 0 Å². The highest BCUT2D eigenvalue weighted by Gasteiger charge is 2.63. The number of β-lactam (4-membered cyclic amide) rings is 1. The van der Waals surface area contributed by atoms with Gasteiger partial charge >= 0.3 is 0 Å². The van der Waals surface area contributed by atoms with Crippen LogP contribution in [-0.2, 0) is 10.3 Å². The van der Waals surface area contributed by atoms with Gasteiger partial charge in [-0.1, -0.05) is 79.7 Å². The zero-order valence-electron chi connectivity index (χ0n) is 15.2. The van der Waals surface area contributed by atoms with Crippen molar-refractivity contribution in [1.29, 1.82) is 0 Å². The third-order valence-corrected chi connectivity index (χ3v) is 6.95. The Bertz CT molecular complexity index is 988. The van der Waals surface area contributed by atoms with E-state index in [1.807, 2.05) is 42.1 Å². The van der Waals surface area contributed by atoms with Crippen LogP contribution in [0.1, 0.15) is 30.4 Å². The lowest BCUT2D eigenvalue weighted by molar-refractivity contribution is -0.131. The first kappa shape index (κ1) is 16.6. The van der Waals surface area contributed by atoms with E-state index in [2.05, 4.69) is 66.4 Å². The Morgan fingerprint density at radius 3 is 2.26 bits per heavy atom. The minimum atomic E-state index is -0.335. The minimum absolute atomic E-state index is 0.143. The topological polar surface area (TPSA) is 20.3 Å². The molecule has 5 rings (SSSR count). The van der Waals surface area contributed by atoms with E-state index in [-0.39, 0.29) is 17.4 Å². The summed E-state index contributed by atoms with van der Waals surface area (Å²) in [5.74, 6) is 0.0579. The Kier molecular flexibility index (Phi) is 3.87. The predicted molar refractivity (Wildman–Crippen MR) is 111 cm³/mol. The van der Waals surface area contributed by atoms with Gasteiger partial charge in [0.1, 0.15) is 0 Å². The SMILES string of the molecule is C[C@H]1C[C@]2(c3ccccc3)[C@H](c3ccccc3)C(=O)N2c2ccccc2S1. The number of benzene rings is 3. The zero-order chi connectivity index (χ0) is 18.4. The summed E-state index contributed by atoms with van der Waals surface area (Å²) in [6, 6.07) is 29.2. The van der Waals surface area contributed by atoms with Gasteiger partial charge in [-0.15, -0.1) is 11.8 Å². The molecule has 2 aliphatic rings. The molecule has 0 bridgehead atoms. The third kappa shape index (κ3) is 2.38. The van der Waals surface area contributed by atoms with Crippen molar-refractivity contribution in [1.82, 2.24) is 0 Å². The summed E-state index contributed by atoms with van der Waals surface area (Å²) in [4.78, 5) is 16.8.